The topological polar surface area (TPSA) is 32.3 Å². The number of benzene rings is 1. The van der Waals surface area contributed by atoms with E-state index in [2.05, 4.69) is 5.32 Å². The van der Waals surface area contributed by atoms with Crippen LogP contribution in [-0.4, -0.2) is 18.2 Å². The zero-order valence-corrected chi connectivity index (χ0v) is 7.46. The van der Waals surface area contributed by atoms with Gasteiger partial charge in [0.1, 0.15) is 5.76 Å². The van der Waals surface area contributed by atoms with E-state index in [1.54, 1.807) is 0 Å². The first-order valence-corrected chi connectivity index (χ1v) is 4.55. The minimum atomic E-state index is 0.484. The van der Waals surface area contributed by atoms with Crippen molar-refractivity contribution >= 4 is 5.57 Å². The Morgan fingerprint density at radius 2 is 1.92 bits per heavy atom. The normalized spacial score (nSPS) is 17.5. The van der Waals surface area contributed by atoms with Gasteiger partial charge in [-0.2, -0.15) is 0 Å². The molecule has 2 N–H and O–H groups in total. The predicted molar refractivity (Wildman–Crippen MR) is 53.5 cm³/mol. The second kappa shape index (κ2) is 3.62. The molecule has 1 aliphatic rings. The number of hydrogen-bond acceptors (Lipinski definition) is 2. The smallest absolute Gasteiger partial charge is 0.110 e. The van der Waals surface area contributed by atoms with Crippen molar-refractivity contribution in [1.29, 1.82) is 0 Å². The molecular weight excluding hydrogens is 162 g/mol. The van der Waals surface area contributed by atoms with Gasteiger partial charge in [-0.15, -0.1) is 0 Å². The lowest BCUT2D eigenvalue weighted by Crippen LogP contribution is -2.24. The summed E-state index contributed by atoms with van der Waals surface area (Å²) in [5.74, 6) is 0.484. The molecule has 0 aromatic heterocycles. The Labute approximate surface area is 77.9 Å². The van der Waals surface area contributed by atoms with Gasteiger partial charge in [0.2, 0.25) is 0 Å². The van der Waals surface area contributed by atoms with Crippen LogP contribution in [0.5, 0.6) is 0 Å². The first-order valence-electron chi connectivity index (χ1n) is 4.55. The van der Waals surface area contributed by atoms with Crippen LogP contribution in [0.4, 0.5) is 0 Å². The molecule has 68 valence electrons. The van der Waals surface area contributed by atoms with Crippen LogP contribution >= 0.6 is 0 Å². The third-order valence-corrected chi connectivity index (χ3v) is 2.31. The Hall–Kier alpha value is -1.28. The van der Waals surface area contributed by atoms with Gasteiger partial charge < -0.3 is 10.4 Å². The van der Waals surface area contributed by atoms with Gasteiger partial charge in [-0.3, -0.25) is 0 Å². The molecule has 1 aromatic carbocycles. The Kier molecular flexibility index (Phi) is 2.32. The van der Waals surface area contributed by atoms with E-state index < -0.39 is 0 Å². The van der Waals surface area contributed by atoms with Gasteiger partial charge in [0, 0.05) is 0 Å². The Morgan fingerprint density at radius 3 is 2.62 bits per heavy atom. The summed E-state index contributed by atoms with van der Waals surface area (Å²) >= 11 is 0. The molecular formula is C11H13NO. The van der Waals surface area contributed by atoms with E-state index >= 15 is 0 Å². The molecule has 13 heavy (non-hydrogen) atoms. The summed E-state index contributed by atoms with van der Waals surface area (Å²) in [6.07, 6.45) is 0.913. The molecule has 0 fully saturated rings. The lowest BCUT2D eigenvalue weighted by atomic mass is 9.99. The molecule has 1 aromatic rings. The average Bonchev–Trinajstić information content (AvgIpc) is 2.20. The minimum absolute atomic E-state index is 0.484. The summed E-state index contributed by atoms with van der Waals surface area (Å²) in [6, 6.07) is 10.1. The van der Waals surface area contributed by atoms with Crippen LogP contribution in [0.1, 0.15) is 12.0 Å². The van der Waals surface area contributed by atoms with Crippen LogP contribution in [0.15, 0.2) is 36.1 Å². The summed E-state index contributed by atoms with van der Waals surface area (Å²) in [5.41, 5.74) is 2.22. The van der Waals surface area contributed by atoms with Crippen molar-refractivity contribution in [2.24, 2.45) is 0 Å². The highest BCUT2D eigenvalue weighted by molar-refractivity contribution is 5.68. The molecule has 0 amide bonds. The monoisotopic (exact) mass is 175 g/mol. The van der Waals surface area contributed by atoms with E-state index in [0.717, 1.165) is 24.1 Å². The van der Waals surface area contributed by atoms with Crippen molar-refractivity contribution in [1.82, 2.24) is 5.32 Å². The quantitative estimate of drug-likeness (QED) is 0.683. The second-order valence-electron chi connectivity index (χ2n) is 3.22. The summed E-state index contributed by atoms with van der Waals surface area (Å²) in [4.78, 5) is 0. The Bertz CT molecular complexity index is 316. The molecule has 0 radical (unpaired) electrons. The molecule has 0 bridgehead atoms. The SMILES string of the molecule is OC1=C(c2ccccc2)CCNC1. The van der Waals surface area contributed by atoms with Gasteiger partial charge in [0.05, 0.1) is 6.54 Å². The molecule has 2 heteroatoms. The van der Waals surface area contributed by atoms with Crippen LogP contribution < -0.4 is 5.32 Å². The predicted octanol–water partition coefficient (Wildman–Crippen LogP) is 1.95. The first kappa shape index (κ1) is 8.32. The summed E-state index contributed by atoms with van der Waals surface area (Å²) in [6.45, 7) is 1.55. The zero-order chi connectivity index (χ0) is 9.10. The highest BCUT2D eigenvalue weighted by Gasteiger charge is 2.11. The molecule has 0 saturated carbocycles. The van der Waals surface area contributed by atoms with Crippen molar-refractivity contribution in [2.45, 2.75) is 6.42 Å². The van der Waals surface area contributed by atoms with Crippen LogP contribution in [-0.2, 0) is 0 Å². The fourth-order valence-corrected chi connectivity index (χ4v) is 1.62. The summed E-state index contributed by atoms with van der Waals surface area (Å²) in [7, 11) is 0. The molecule has 0 aliphatic carbocycles. The number of rotatable bonds is 1. The molecule has 1 aliphatic heterocycles. The average molecular weight is 175 g/mol. The number of aliphatic hydroxyl groups is 1. The van der Waals surface area contributed by atoms with Crippen molar-refractivity contribution in [3.05, 3.63) is 41.7 Å². The van der Waals surface area contributed by atoms with E-state index in [0.29, 0.717) is 12.3 Å². The molecule has 2 rings (SSSR count). The van der Waals surface area contributed by atoms with Gasteiger partial charge >= 0.3 is 0 Å². The maximum absolute atomic E-state index is 9.64. The number of aliphatic hydroxyl groups excluding tert-OH is 1. The maximum atomic E-state index is 9.64. The second-order valence-corrected chi connectivity index (χ2v) is 3.22. The number of hydrogen-bond donors (Lipinski definition) is 2. The van der Waals surface area contributed by atoms with Gasteiger partial charge in [0.15, 0.2) is 0 Å². The standard InChI is InChI=1S/C11H13NO/c13-11-8-12-7-6-10(11)9-4-2-1-3-5-9/h1-5,12-13H,6-8H2. The van der Waals surface area contributed by atoms with E-state index in [9.17, 15) is 5.11 Å². The molecule has 1 heterocycles. The maximum Gasteiger partial charge on any atom is 0.110 e. The van der Waals surface area contributed by atoms with Crippen LogP contribution in [0.25, 0.3) is 5.57 Å². The van der Waals surface area contributed by atoms with Crippen molar-refractivity contribution < 1.29 is 5.11 Å². The van der Waals surface area contributed by atoms with Gasteiger partial charge in [-0.25, -0.2) is 0 Å². The fraction of sp³-hybridized carbons (Fsp3) is 0.273. The fourth-order valence-electron chi connectivity index (χ4n) is 1.62. The van der Waals surface area contributed by atoms with E-state index in [-0.39, 0.29) is 0 Å². The third-order valence-electron chi connectivity index (χ3n) is 2.31. The Morgan fingerprint density at radius 1 is 1.15 bits per heavy atom. The van der Waals surface area contributed by atoms with Crippen LogP contribution in [0.3, 0.4) is 0 Å². The van der Waals surface area contributed by atoms with Crippen molar-refractivity contribution in [2.75, 3.05) is 13.1 Å². The van der Waals surface area contributed by atoms with Gasteiger partial charge in [-0.05, 0) is 24.1 Å². The highest BCUT2D eigenvalue weighted by Crippen LogP contribution is 2.22. The molecule has 0 unspecified atom stereocenters. The minimum Gasteiger partial charge on any atom is -0.511 e. The zero-order valence-electron chi connectivity index (χ0n) is 7.46. The van der Waals surface area contributed by atoms with Crippen molar-refractivity contribution in [3.8, 4) is 0 Å². The van der Waals surface area contributed by atoms with Gasteiger partial charge in [-0.1, -0.05) is 30.3 Å². The van der Waals surface area contributed by atoms with E-state index in [4.69, 9.17) is 0 Å². The van der Waals surface area contributed by atoms with E-state index in [1.807, 2.05) is 30.3 Å². The molecule has 0 saturated heterocycles. The summed E-state index contributed by atoms with van der Waals surface area (Å²) in [5, 5.41) is 12.8. The van der Waals surface area contributed by atoms with Crippen LogP contribution in [0, 0.1) is 0 Å². The van der Waals surface area contributed by atoms with E-state index in [1.165, 1.54) is 0 Å². The summed E-state index contributed by atoms with van der Waals surface area (Å²) < 4.78 is 0. The first-order chi connectivity index (χ1) is 6.38. The van der Waals surface area contributed by atoms with Gasteiger partial charge in [0.25, 0.3) is 0 Å². The van der Waals surface area contributed by atoms with Crippen molar-refractivity contribution in [3.63, 3.8) is 0 Å². The molecule has 0 spiro atoms. The lowest BCUT2D eigenvalue weighted by Gasteiger charge is -2.17. The largest absolute Gasteiger partial charge is 0.511 e. The van der Waals surface area contributed by atoms with Crippen LogP contribution in [0.2, 0.25) is 0 Å². The lowest BCUT2D eigenvalue weighted by molar-refractivity contribution is 0.382. The third kappa shape index (κ3) is 1.73. The Balaban J connectivity index is 2.35. The highest BCUT2D eigenvalue weighted by atomic mass is 16.3. The molecule has 0 atom stereocenters. The number of nitrogens with one attached hydrogen (secondary N) is 1. The molecule has 2 nitrogen and oxygen atoms in total.